The zero-order valence-corrected chi connectivity index (χ0v) is 12.0. The van der Waals surface area contributed by atoms with E-state index in [-0.39, 0.29) is 4.90 Å². The number of sulfonamides is 1. The largest absolute Gasteiger partial charge is 0.495 e. The highest BCUT2D eigenvalue weighted by Crippen LogP contribution is 2.27. The minimum atomic E-state index is -3.74. The van der Waals surface area contributed by atoms with Gasteiger partial charge >= 0.3 is 0 Å². The topological polar surface area (TPSA) is 99.2 Å². The van der Waals surface area contributed by atoms with E-state index in [0.29, 0.717) is 18.0 Å². The lowest BCUT2D eigenvalue weighted by atomic mass is 10.3. The van der Waals surface area contributed by atoms with E-state index in [9.17, 15) is 8.42 Å². The van der Waals surface area contributed by atoms with Gasteiger partial charge in [-0.25, -0.2) is 18.5 Å². The Morgan fingerprint density at radius 2 is 2.20 bits per heavy atom. The Balaban J connectivity index is 2.27. The lowest BCUT2D eigenvalue weighted by Gasteiger charge is -2.12. The average Bonchev–Trinajstić information content (AvgIpc) is 2.80. The highest BCUT2D eigenvalue weighted by Gasteiger charge is 2.12. The van der Waals surface area contributed by atoms with Gasteiger partial charge in [0, 0.05) is 13.2 Å². The number of anilines is 1. The monoisotopic (exact) mass is 296 g/mol. The predicted octanol–water partition coefficient (Wildman–Crippen LogP) is 0.688. The predicted molar refractivity (Wildman–Crippen MR) is 74.9 cm³/mol. The third kappa shape index (κ3) is 3.09. The Hall–Kier alpha value is -2.06. The maximum atomic E-state index is 11.4. The SMILES string of the molecule is COc1ccc(S(N)(=O)=O)cc1NCc1cncn1C. The van der Waals surface area contributed by atoms with E-state index in [1.807, 2.05) is 11.6 Å². The van der Waals surface area contributed by atoms with Crippen LogP contribution in [0.5, 0.6) is 5.75 Å². The molecule has 0 saturated heterocycles. The van der Waals surface area contributed by atoms with Crippen molar-refractivity contribution in [1.82, 2.24) is 9.55 Å². The number of ether oxygens (including phenoxy) is 1. The van der Waals surface area contributed by atoms with Gasteiger partial charge in [-0.15, -0.1) is 0 Å². The summed E-state index contributed by atoms with van der Waals surface area (Å²) in [4.78, 5) is 4.04. The first-order valence-electron chi connectivity index (χ1n) is 5.81. The number of nitrogens with one attached hydrogen (secondary N) is 1. The van der Waals surface area contributed by atoms with Crippen molar-refractivity contribution in [2.45, 2.75) is 11.4 Å². The second-order valence-electron chi connectivity index (χ2n) is 4.26. The summed E-state index contributed by atoms with van der Waals surface area (Å²) in [6.07, 6.45) is 3.41. The van der Waals surface area contributed by atoms with Gasteiger partial charge < -0.3 is 14.6 Å². The van der Waals surface area contributed by atoms with Gasteiger partial charge in [-0.3, -0.25) is 0 Å². The number of rotatable bonds is 5. The lowest BCUT2D eigenvalue weighted by molar-refractivity contribution is 0.416. The number of aryl methyl sites for hydroxylation is 1. The number of aromatic nitrogens is 2. The maximum Gasteiger partial charge on any atom is 0.238 e. The first kappa shape index (κ1) is 14.4. The number of hydrogen-bond acceptors (Lipinski definition) is 5. The Morgan fingerprint density at radius 3 is 2.75 bits per heavy atom. The maximum absolute atomic E-state index is 11.4. The summed E-state index contributed by atoms with van der Waals surface area (Å²) in [5, 5.41) is 8.24. The average molecular weight is 296 g/mol. The lowest BCUT2D eigenvalue weighted by Crippen LogP contribution is -2.13. The normalized spacial score (nSPS) is 11.3. The molecule has 8 heteroatoms. The van der Waals surface area contributed by atoms with Crippen molar-refractivity contribution in [3.05, 3.63) is 36.4 Å². The second kappa shape index (κ2) is 5.51. The molecule has 0 radical (unpaired) electrons. The van der Waals surface area contributed by atoms with Crippen molar-refractivity contribution in [3.8, 4) is 5.75 Å². The third-order valence-corrected chi connectivity index (χ3v) is 3.79. The van der Waals surface area contributed by atoms with Crippen LogP contribution in [0.4, 0.5) is 5.69 Å². The van der Waals surface area contributed by atoms with Crippen molar-refractivity contribution >= 4 is 15.7 Å². The van der Waals surface area contributed by atoms with Gasteiger partial charge in [0.25, 0.3) is 0 Å². The Bertz CT molecular complexity index is 709. The molecule has 0 saturated carbocycles. The molecule has 2 aromatic rings. The number of hydrogen-bond donors (Lipinski definition) is 2. The van der Waals surface area contributed by atoms with Crippen molar-refractivity contribution in [3.63, 3.8) is 0 Å². The van der Waals surface area contributed by atoms with E-state index in [1.165, 1.54) is 19.2 Å². The summed E-state index contributed by atoms with van der Waals surface area (Å²) < 4.78 is 29.8. The number of nitrogens with two attached hydrogens (primary N) is 1. The third-order valence-electron chi connectivity index (χ3n) is 2.88. The molecule has 0 unspecified atom stereocenters. The van der Waals surface area contributed by atoms with Gasteiger partial charge in [-0.2, -0.15) is 0 Å². The summed E-state index contributed by atoms with van der Waals surface area (Å²) in [6, 6.07) is 4.42. The molecule has 0 aliphatic carbocycles. The van der Waals surface area contributed by atoms with Crippen LogP contribution in [0.2, 0.25) is 0 Å². The van der Waals surface area contributed by atoms with E-state index in [0.717, 1.165) is 5.69 Å². The fraction of sp³-hybridized carbons (Fsp3) is 0.250. The quantitative estimate of drug-likeness (QED) is 0.845. The Kier molecular flexibility index (Phi) is 3.96. The highest BCUT2D eigenvalue weighted by atomic mass is 32.2. The zero-order valence-electron chi connectivity index (χ0n) is 11.2. The van der Waals surface area contributed by atoms with Crippen LogP contribution in [0, 0.1) is 0 Å². The van der Waals surface area contributed by atoms with Gasteiger partial charge in [-0.05, 0) is 18.2 Å². The minimum Gasteiger partial charge on any atom is -0.495 e. The molecule has 20 heavy (non-hydrogen) atoms. The summed E-state index contributed by atoms with van der Waals surface area (Å²) in [7, 11) is -0.352. The molecule has 0 atom stereocenters. The van der Waals surface area contributed by atoms with Crippen LogP contribution in [0.1, 0.15) is 5.69 Å². The van der Waals surface area contributed by atoms with Crippen LogP contribution in [0.3, 0.4) is 0 Å². The number of imidazole rings is 1. The number of nitrogens with zero attached hydrogens (tertiary/aromatic N) is 2. The molecule has 108 valence electrons. The first-order chi connectivity index (χ1) is 9.41. The van der Waals surface area contributed by atoms with Crippen LogP contribution in [0.15, 0.2) is 35.6 Å². The molecule has 0 amide bonds. The molecule has 3 N–H and O–H groups in total. The zero-order chi connectivity index (χ0) is 14.8. The molecule has 1 aromatic heterocycles. The van der Waals surface area contributed by atoms with Gasteiger partial charge in [0.2, 0.25) is 10.0 Å². The van der Waals surface area contributed by atoms with Crippen molar-refractivity contribution in [2.75, 3.05) is 12.4 Å². The molecule has 1 heterocycles. The van der Waals surface area contributed by atoms with Crippen LogP contribution >= 0.6 is 0 Å². The smallest absolute Gasteiger partial charge is 0.238 e. The molecule has 0 fully saturated rings. The first-order valence-corrected chi connectivity index (χ1v) is 7.36. The molecule has 0 aliphatic rings. The van der Waals surface area contributed by atoms with Crippen LogP contribution in [0.25, 0.3) is 0 Å². The summed E-state index contributed by atoms with van der Waals surface area (Å²) in [6.45, 7) is 0.487. The van der Waals surface area contributed by atoms with Gasteiger partial charge in [0.05, 0.1) is 36.3 Å². The summed E-state index contributed by atoms with van der Waals surface area (Å²) >= 11 is 0. The Labute approximate surface area is 117 Å². The molecule has 0 aliphatic heterocycles. The highest BCUT2D eigenvalue weighted by molar-refractivity contribution is 7.89. The second-order valence-corrected chi connectivity index (χ2v) is 5.82. The molecule has 2 rings (SSSR count). The van der Waals surface area contributed by atoms with Crippen LogP contribution in [-0.4, -0.2) is 25.1 Å². The van der Waals surface area contributed by atoms with Crippen molar-refractivity contribution in [1.29, 1.82) is 0 Å². The fourth-order valence-electron chi connectivity index (χ4n) is 1.74. The number of methoxy groups -OCH3 is 1. The van der Waals surface area contributed by atoms with Gasteiger partial charge in [-0.1, -0.05) is 0 Å². The fourth-order valence-corrected chi connectivity index (χ4v) is 2.28. The van der Waals surface area contributed by atoms with E-state index >= 15 is 0 Å². The molecule has 7 nitrogen and oxygen atoms in total. The van der Waals surface area contributed by atoms with Crippen LogP contribution in [-0.2, 0) is 23.6 Å². The molecular weight excluding hydrogens is 280 g/mol. The summed E-state index contributed by atoms with van der Waals surface area (Å²) in [5.41, 5.74) is 1.51. The van der Waals surface area contributed by atoms with Crippen molar-refractivity contribution < 1.29 is 13.2 Å². The van der Waals surface area contributed by atoms with E-state index < -0.39 is 10.0 Å². The molecule has 0 spiro atoms. The standard InChI is InChI=1S/C12H16N4O3S/c1-16-8-14-6-9(16)7-15-11-5-10(20(13,17)18)3-4-12(11)19-2/h3-6,8,15H,7H2,1-2H3,(H2,13,17,18). The van der Waals surface area contributed by atoms with E-state index in [4.69, 9.17) is 9.88 Å². The van der Waals surface area contributed by atoms with Crippen LogP contribution < -0.4 is 15.2 Å². The molecular formula is C12H16N4O3S. The van der Waals surface area contributed by atoms with Gasteiger partial charge in [0.15, 0.2) is 0 Å². The number of primary sulfonamides is 1. The minimum absolute atomic E-state index is 0.0332. The van der Waals surface area contributed by atoms with Gasteiger partial charge in [0.1, 0.15) is 5.75 Å². The van der Waals surface area contributed by atoms with E-state index in [1.54, 1.807) is 18.6 Å². The molecule has 1 aromatic carbocycles. The Morgan fingerprint density at radius 1 is 1.45 bits per heavy atom. The summed E-state index contributed by atoms with van der Waals surface area (Å²) in [5.74, 6) is 0.541. The van der Waals surface area contributed by atoms with Crippen molar-refractivity contribution in [2.24, 2.45) is 12.2 Å². The number of benzene rings is 1. The molecule has 0 bridgehead atoms. The van der Waals surface area contributed by atoms with E-state index in [2.05, 4.69) is 10.3 Å².